The van der Waals surface area contributed by atoms with Crippen molar-refractivity contribution >= 4 is 6.03 Å². The molecule has 2 fully saturated rings. The number of urea groups is 1. The largest absolute Gasteiger partial charge is 0.330 e. The van der Waals surface area contributed by atoms with Crippen molar-refractivity contribution in [1.29, 1.82) is 0 Å². The lowest BCUT2D eigenvalue weighted by Gasteiger charge is -2.27. The van der Waals surface area contributed by atoms with Gasteiger partial charge in [0, 0.05) is 25.7 Å². The first-order valence-corrected chi connectivity index (χ1v) is 5.98. The van der Waals surface area contributed by atoms with Gasteiger partial charge in [-0.25, -0.2) is 4.79 Å². The molecule has 86 valence electrons. The van der Waals surface area contributed by atoms with Gasteiger partial charge >= 0.3 is 6.03 Å². The Kier molecular flexibility index (Phi) is 3.14. The number of likely N-dealkylation sites (tertiary alicyclic amines) is 2. The van der Waals surface area contributed by atoms with Gasteiger partial charge in [-0.2, -0.15) is 0 Å². The summed E-state index contributed by atoms with van der Waals surface area (Å²) in [7, 11) is 0. The highest BCUT2D eigenvalue weighted by Gasteiger charge is 2.34. The van der Waals surface area contributed by atoms with Crippen molar-refractivity contribution in [2.75, 3.05) is 26.2 Å². The summed E-state index contributed by atoms with van der Waals surface area (Å²) in [5.41, 5.74) is 5.66. The summed E-state index contributed by atoms with van der Waals surface area (Å²) >= 11 is 0. The van der Waals surface area contributed by atoms with E-state index in [0.717, 1.165) is 38.9 Å². The molecule has 4 nitrogen and oxygen atoms in total. The summed E-state index contributed by atoms with van der Waals surface area (Å²) in [5.74, 6) is 0.506. The summed E-state index contributed by atoms with van der Waals surface area (Å²) in [6.07, 6.45) is 3.39. The molecular formula is C11H21N3O. The van der Waals surface area contributed by atoms with E-state index in [2.05, 4.69) is 6.92 Å². The Balaban J connectivity index is 1.95. The quantitative estimate of drug-likeness (QED) is 0.699. The first kappa shape index (κ1) is 10.7. The molecule has 2 amide bonds. The SMILES string of the molecule is CC1CC(CN)CN1C(=O)N1CCCC1. The molecule has 2 unspecified atom stereocenters. The number of rotatable bonds is 1. The second-order valence-electron chi connectivity index (χ2n) is 4.82. The second-order valence-corrected chi connectivity index (χ2v) is 4.82. The summed E-state index contributed by atoms with van der Waals surface area (Å²) < 4.78 is 0. The highest BCUT2D eigenvalue weighted by Crippen LogP contribution is 2.24. The lowest BCUT2D eigenvalue weighted by Crippen LogP contribution is -2.43. The van der Waals surface area contributed by atoms with Crippen LogP contribution in [0.1, 0.15) is 26.2 Å². The Morgan fingerprint density at radius 1 is 1.40 bits per heavy atom. The number of carbonyl (C=O) groups excluding carboxylic acids is 1. The molecule has 15 heavy (non-hydrogen) atoms. The highest BCUT2D eigenvalue weighted by atomic mass is 16.2. The highest BCUT2D eigenvalue weighted by molar-refractivity contribution is 5.75. The van der Waals surface area contributed by atoms with Crippen LogP contribution in [0.5, 0.6) is 0 Å². The van der Waals surface area contributed by atoms with Crippen LogP contribution in [0, 0.1) is 5.92 Å². The normalized spacial score (nSPS) is 31.3. The first-order chi connectivity index (χ1) is 7.22. The molecule has 2 aliphatic heterocycles. The van der Waals surface area contributed by atoms with Crippen molar-refractivity contribution in [3.8, 4) is 0 Å². The Labute approximate surface area is 91.4 Å². The third-order valence-electron chi connectivity index (χ3n) is 3.62. The van der Waals surface area contributed by atoms with E-state index in [0.29, 0.717) is 18.5 Å². The van der Waals surface area contributed by atoms with Gasteiger partial charge in [-0.15, -0.1) is 0 Å². The van der Waals surface area contributed by atoms with Gasteiger partial charge in [-0.3, -0.25) is 0 Å². The Morgan fingerprint density at radius 3 is 2.60 bits per heavy atom. The second kappa shape index (κ2) is 4.39. The summed E-state index contributed by atoms with van der Waals surface area (Å²) in [6.45, 7) is 5.56. The summed E-state index contributed by atoms with van der Waals surface area (Å²) in [6, 6.07) is 0.600. The van der Waals surface area contributed by atoms with Gasteiger partial charge in [0.15, 0.2) is 0 Å². The molecule has 0 saturated carbocycles. The van der Waals surface area contributed by atoms with Crippen LogP contribution < -0.4 is 5.73 Å². The van der Waals surface area contributed by atoms with E-state index in [-0.39, 0.29) is 6.03 Å². The lowest BCUT2D eigenvalue weighted by atomic mass is 10.1. The molecule has 2 rings (SSSR count). The minimum Gasteiger partial charge on any atom is -0.330 e. The molecule has 4 heteroatoms. The Bertz CT molecular complexity index is 238. The van der Waals surface area contributed by atoms with Crippen molar-refractivity contribution in [2.45, 2.75) is 32.2 Å². The van der Waals surface area contributed by atoms with Crippen molar-refractivity contribution in [3.63, 3.8) is 0 Å². The van der Waals surface area contributed by atoms with E-state index >= 15 is 0 Å². The molecule has 2 saturated heterocycles. The monoisotopic (exact) mass is 211 g/mol. The van der Waals surface area contributed by atoms with Crippen molar-refractivity contribution < 1.29 is 4.79 Å². The fraction of sp³-hybridized carbons (Fsp3) is 0.909. The molecule has 0 aliphatic carbocycles. The predicted molar refractivity (Wildman–Crippen MR) is 59.5 cm³/mol. The van der Waals surface area contributed by atoms with Crippen LogP contribution in [0.15, 0.2) is 0 Å². The van der Waals surface area contributed by atoms with Gasteiger partial charge in [0.2, 0.25) is 0 Å². The van der Waals surface area contributed by atoms with Crippen LogP contribution in [-0.4, -0.2) is 48.1 Å². The minimum atomic E-state index is 0.232. The van der Waals surface area contributed by atoms with Crippen molar-refractivity contribution in [1.82, 2.24) is 9.80 Å². The molecule has 0 bridgehead atoms. The molecule has 0 aromatic carbocycles. The summed E-state index contributed by atoms with van der Waals surface area (Å²) in [4.78, 5) is 16.1. The van der Waals surface area contributed by atoms with E-state index < -0.39 is 0 Å². The maximum Gasteiger partial charge on any atom is 0.320 e. The number of carbonyl (C=O) groups is 1. The maximum atomic E-state index is 12.1. The van der Waals surface area contributed by atoms with Gasteiger partial charge < -0.3 is 15.5 Å². The van der Waals surface area contributed by atoms with Crippen LogP contribution in [-0.2, 0) is 0 Å². The fourth-order valence-corrected chi connectivity index (χ4v) is 2.67. The van der Waals surface area contributed by atoms with E-state index in [4.69, 9.17) is 5.73 Å². The molecule has 0 spiro atoms. The van der Waals surface area contributed by atoms with Crippen LogP contribution in [0.2, 0.25) is 0 Å². The average Bonchev–Trinajstić information content (AvgIpc) is 2.85. The zero-order chi connectivity index (χ0) is 10.8. The van der Waals surface area contributed by atoms with Gasteiger partial charge in [0.1, 0.15) is 0 Å². The Hall–Kier alpha value is -0.770. The maximum absolute atomic E-state index is 12.1. The molecular weight excluding hydrogens is 190 g/mol. The van der Waals surface area contributed by atoms with Crippen LogP contribution in [0.3, 0.4) is 0 Å². The molecule has 2 heterocycles. The molecule has 0 aromatic rings. The van der Waals surface area contributed by atoms with Crippen LogP contribution in [0.25, 0.3) is 0 Å². The fourth-order valence-electron chi connectivity index (χ4n) is 2.67. The zero-order valence-corrected chi connectivity index (χ0v) is 9.48. The molecule has 2 N–H and O–H groups in total. The van der Waals surface area contributed by atoms with Crippen LogP contribution >= 0.6 is 0 Å². The van der Waals surface area contributed by atoms with E-state index in [9.17, 15) is 4.79 Å². The van der Waals surface area contributed by atoms with Gasteiger partial charge in [0.05, 0.1) is 0 Å². The minimum absolute atomic E-state index is 0.232. The average molecular weight is 211 g/mol. The molecule has 0 radical (unpaired) electrons. The zero-order valence-electron chi connectivity index (χ0n) is 9.48. The van der Waals surface area contributed by atoms with Crippen LogP contribution in [0.4, 0.5) is 4.79 Å². The number of nitrogens with two attached hydrogens (primary N) is 1. The lowest BCUT2D eigenvalue weighted by molar-refractivity contribution is 0.159. The van der Waals surface area contributed by atoms with E-state index in [1.807, 2.05) is 9.80 Å². The van der Waals surface area contributed by atoms with Gasteiger partial charge in [-0.1, -0.05) is 0 Å². The van der Waals surface area contributed by atoms with Crippen molar-refractivity contribution in [3.05, 3.63) is 0 Å². The third-order valence-corrected chi connectivity index (χ3v) is 3.62. The van der Waals surface area contributed by atoms with Crippen molar-refractivity contribution in [2.24, 2.45) is 11.7 Å². The number of amides is 2. The predicted octanol–water partition coefficient (Wildman–Crippen LogP) is 0.871. The number of hydrogen-bond donors (Lipinski definition) is 1. The smallest absolute Gasteiger partial charge is 0.320 e. The molecule has 0 aromatic heterocycles. The third kappa shape index (κ3) is 2.09. The molecule has 2 aliphatic rings. The van der Waals surface area contributed by atoms with E-state index in [1.54, 1.807) is 0 Å². The topological polar surface area (TPSA) is 49.6 Å². The van der Waals surface area contributed by atoms with Gasteiger partial charge in [-0.05, 0) is 38.6 Å². The first-order valence-electron chi connectivity index (χ1n) is 5.98. The number of nitrogens with zero attached hydrogens (tertiary/aromatic N) is 2. The Morgan fingerprint density at radius 2 is 2.07 bits per heavy atom. The standard InChI is InChI=1S/C11H21N3O/c1-9-6-10(7-12)8-14(9)11(15)13-4-2-3-5-13/h9-10H,2-8,12H2,1H3. The van der Waals surface area contributed by atoms with Gasteiger partial charge in [0.25, 0.3) is 0 Å². The van der Waals surface area contributed by atoms with E-state index in [1.165, 1.54) is 0 Å². The number of hydrogen-bond acceptors (Lipinski definition) is 2. The summed E-state index contributed by atoms with van der Waals surface area (Å²) in [5, 5.41) is 0. The molecule has 2 atom stereocenters.